The molecule has 2 amide bonds. The maximum Gasteiger partial charge on any atom is 0.329 e. The number of para-hydroxylation sites is 2. The third kappa shape index (κ3) is 3.15. The van der Waals surface area contributed by atoms with Gasteiger partial charge in [0.2, 0.25) is 0 Å². The first-order chi connectivity index (χ1) is 12.5. The first kappa shape index (κ1) is 17.9. The van der Waals surface area contributed by atoms with Crippen molar-refractivity contribution in [2.24, 2.45) is 5.73 Å². The van der Waals surface area contributed by atoms with Gasteiger partial charge < -0.3 is 10.8 Å². The lowest BCUT2D eigenvalue weighted by Gasteiger charge is -2.40. The van der Waals surface area contributed by atoms with Crippen LogP contribution in [0.1, 0.15) is 19.8 Å². The zero-order chi connectivity index (χ0) is 18.7. The van der Waals surface area contributed by atoms with E-state index in [9.17, 15) is 14.7 Å². The fourth-order valence-corrected chi connectivity index (χ4v) is 3.57. The Morgan fingerprint density at radius 3 is 2.15 bits per heavy atom. The zero-order valence-electron chi connectivity index (χ0n) is 14.7. The van der Waals surface area contributed by atoms with Crippen LogP contribution in [-0.2, 0) is 4.79 Å². The molecule has 0 bridgehead atoms. The fraction of sp³-hybridized carbons (Fsp3) is 0.300. The summed E-state index contributed by atoms with van der Waals surface area (Å²) in [5.74, 6) is -0.899. The third-order valence-electron chi connectivity index (χ3n) is 5.00. The quantitative estimate of drug-likeness (QED) is 0.835. The van der Waals surface area contributed by atoms with Crippen LogP contribution in [0.25, 0.3) is 0 Å². The number of hydrogen-bond donors (Lipinski definition) is 2. The highest BCUT2D eigenvalue weighted by Crippen LogP contribution is 2.39. The molecule has 6 nitrogen and oxygen atoms in total. The van der Waals surface area contributed by atoms with Crippen LogP contribution in [0, 0.1) is 0 Å². The van der Waals surface area contributed by atoms with E-state index in [2.05, 4.69) is 0 Å². The van der Waals surface area contributed by atoms with E-state index in [4.69, 9.17) is 5.73 Å². The van der Waals surface area contributed by atoms with Gasteiger partial charge in [-0.25, -0.2) is 4.79 Å². The molecule has 2 aromatic carbocycles. The van der Waals surface area contributed by atoms with Gasteiger partial charge in [0.15, 0.2) is 0 Å². The van der Waals surface area contributed by atoms with Gasteiger partial charge in [-0.05, 0) is 37.6 Å². The van der Waals surface area contributed by atoms with Gasteiger partial charge in [0.25, 0.3) is 0 Å². The summed E-state index contributed by atoms with van der Waals surface area (Å²) in [6.07, 6.45) is 0.227. The van der Waals surface area contributed by atoms with Crippen molar-refractivity contribution in [3.8, 4) is 0 Å². The molecule has 3 N–H and O–H groups in total. The maximum absolute atomic E-state index is 13.3. The molecule has 0 aliphatic carbocycles. The van der Waals surface area contributed by atoms with E-state index < -0.39 is 17.6 Å². The highest BCUT2D eigenvalue weighted by atomic mass is 16.4. The van der Waals surface area contributed by atoms with Crippen molar-refractivity contribution in [2.45, 2.75) is 31.3 Å². The molecule has 2 aromatic rings. The van der Waals surface area contributed by atoms with Crippen molar-refractivity contribution in [3.63, 3.8) is 0 Å². The van der Waals surface area contributed by atoms with Crippen molar-refractivity contribution in [1.82, 2.24) is 0 Å². The van der Waals surface area contributed by atoms with E-state index in [0.717, 1.165) is 11.4 Å². The summed E-state index contributed by atoms with van der Waals surface area (Å²) in [6, 6.07) is 18.1. The molecular weight excluding hydrogens is 330 g/mol. The van der Waals surface area contributed by atoms with Crippen molar-refractivity contribution >= 4 is 23.4 Å². The lowest BCUT2D eigenvalue weighted by atomic mass is 9.85. The van der Waals surface area contributed by atoms with Gasteiger partial charge in [0.05, 0.1) is 12.1 Å². The number of carboxylic acids is 1. The van der Waals surface area contributed by atoms with Crippen molar-refractivity contribution in [1.29, 1.82) is 0 Å². The van der Waals surface area contributed by atoms with Crippen molar-refractivity contribution in [3.05, 3.63) is 60.7 Å². The predicted molar refractivity (Wildman–Crippen MR) is 101 cm³/mol. The Morgan fingerprint density at radius 1 is 1.12 bits per heavy atom. The number of nitrogens with two attached hydrogens (primary N) is 1. The van der Waals surface area contributed by atoms with Gasteiger partial charge in [-0.1, -0.05) is 36.4 Å². The molecule has 1 aliphatic rings. The van der Waals surface area contributed by atoms with Crippen molar-refractivity contribution in [2.75, 3.05) is 16.3 Å². The van der Waals surface area contributed by atoms with Gasteiger partial charge in [0.1, 0.15) is 0 Å². The molecule has 1 saturated heterocycles. The minimum absolute atomic E-state index is 0.0548. The number of carboxylic acid groups (broad SMARTS) is 1. The molecule has 1 aliphatic heterocycles. The van der Waals surface area contributed by atoms with Crippen LogP contribution >= 0.6 is 0 Å². The number of benzene rings is 2. The third-order valence-corrected chi connectivity index (χ3v) is 5.00. The van der Waals surface area contributed by atoms with E-state index in [0.29, 0.717) is 6.54 Å². The summed E-state index contributed by atoms with van der Waals surface area (Å²) in [5.41, 5.74) is 7.03. The first-order valence-corrected chi connectivity index (χ1v) is 8.65. The van der Waals surface area contributed by atoms with Crippen LogP contribution in [-0.4, -0.2) is 35.2 Å². The fourth-order valence-electron chi connectivity index (χ4n) is 3.57. The van der Waals surface area contributed by atoms with Crippen LogP contribution in [0.4, 0.5) is 16.2 Å². The molecular formula is C20H23N3O3. The maximum atomic E-state index is 13.3. The molecule has 1 heterocycles. The highest BCUT2D eigenvalue weighted by molar-refractivity contribution is 6.08. The Bertz CT molecular complexity index is 779. The van der Waals surface area contributed by atoms with Crippen LogP contribution < -0.4 is 15.5 Å². The Labute approximate surface area is 152 Å². The standard InChI is InChI=1S/C20H23N3O3/c1-15(21)20(13-12-18(24)25)14-22(16-8-4-2-5-9-16)19(26)23(20)17-10-6-3-7-11-17/h2-11,15H,12-14,21H2,1H3,(H,24,25). The molecule has 136 valence electrons. The van der Waals surface area contributed by atoms with Crippen LogP contribution in [0.5, 0.6) is 0 Å². The van der Waals surface area contributed by atoms with Gasteiger partial charge >= 0.3 is 12.0 Å². The van der Waals surface area contributed by atoms with E-state index in [1.54, 1.807) is 9.80 Å². The predicted octanol–water partition coefficient (Wildman–Crippen LogP) is 3.08. The number of rotatable bonds is 6. The Kier molecular flexibility index (Phi) is 4.95. The summed E-state index contributed by atoms with van der Waals surface area (Å²) in [5, 5.41) is 9.22. The van der Waals surface area contributed by atoms with E-state index in [1.165, 1.54) is 0 Å². The minimum atomic E-state index is -0.899. The summed E-state index contributed by atoms with van der Waals surface area (Å²) in [4.78, 5) is 27.9. The molecule has 1 fully saturated rings. The van der Waals surface area contributed by atoms with Crippen LogP contribution in [0.2, 0.25) is 0 Å². The van der Waals surface area contributed by atoms with Crippen LogP contribution in [0.3, 0.4) is 0 Å². The molecule has 0 spiro atoms. The monoisotopic (exact) mass is 353 g/mol. The number of carbonyl (C=O) groups excluding carboxylic acids is 1. The zero-order valence-corrected chi connectivity index (χ0v) is 14.7. The number of urea groups is 1. The second-order valence-electron chi connectivity index (χ2n) is 6.66. The molecule has 2 atom stereocenters. The molecule has 26 heavy (non-hydrogen) atoms. The van der Waals surface area contributed by atoms with Crippen molar-refractivity contribution < 1.29 is 14.7 Å². The molecule has 0 aromatic heterocycles. The number of nitrogens with zero attached hydrogens (tertiary/aromatic N) is 2. The smallest absolute Gasteiger partial charge is 0.329 e. The Balaban J connectivity index is 2.08. The first-order valence-electron chi connectivity index (χ1n) is 8.65. The molecule has 6 heteroatoms. The summed E-state index contributed by atoms with van der Waals surface area (Å²) in [6.45, 7) is 2.18. The van der Waals surface area contributed by atoms with Crippen LogP contribution in [0.15, 0.2) is 60.7 Å². The Hall–Kier alpha value is -2.86. The van der Waals surface area contributed by atoms with E-state index >= 15 is 0 Å². The normalized spacial score (nSPS) is 21.1. The Morgan fingerprint density at radius 2 is 1.65 bits per heavy atom. The molecule has 0 saturated carbocycles. The largest absolute Gasteiger partial charge is 0.481 e. The lowest BCUT2D eigenvalue weighted by Crippen LogP contribution is -2.58. The number of amides is 2. The molecule has 0 radical (unpaired) electrons. The van der Waals surface area contributed by atoms with E-state index in [1.807, 2.05) is 67.6 Å². The SMILES string of the molecule is CC(N)C1(CCC(=O)O)CN(c2ccccc2)C(=O)N1c1ccccc1. The number of aliphatic carboxylic acids is 1. The number of carbonyl (C=O) groups is 2. The average Bonchev–Trinajstić information content (AvgIpc) is 2.95. The molecule has 3 rings (SSSR count). The van der Waals surface area contributed by atoms with Gasteiger partial charge in [-0.2, -0.15) is 0 Å². The lowest BCUT2D eigenvalue weighted by molar-refractivity contribution is -0.137. The summed E-state index contributed by atoms with van der Waals surface area (Å²) < 4.78 is 0. The molecule has 2 unspecified atom stereocenters. The minimum Gasteiger partial charge on any atom is -0.481 e. The summed E-state index contributed by atoms with van der Waals surface area (Å²) >= 11 is 0. The highest BCUT2D eigenvalue weighted by Gasteiger charge is 2.53. The topological polar surface area (TPSA) is 86.9 Å². The number of anilines is 2. The average molecular weight is 353 g/mol. The van der Waals surface area contributed by atoms with Gasteiger partial charge in [-0.15, -0.1) is 0 Å². The second kappa shape index (κ2) is 7.17. The number of hydrogen-bond acceptors (Lipinski definition) is 3. The van der Waals surface area contributed by atoms with Gasteiger partial charge in [0, 0.05) is 23.8 Å². The van der Waals surface area contributed by atoms with E-state index in [-0.39, 0.29) is 18.9 Å². The second-order valence-corrected chi connectivity index (χ2v) is 6.66. The summed E-state index contributed by atoms with van der Waals surface area (Å²) in [7, 11) is 0. The van der Waals surface area contributed by atoms with Gasteiger partial charge in [-0.3, -0.25) is 14.6 Å².